The second-order valence-corrected chi connectivity index (χ2v) is 11.8. The van der Waals surface area contributed by atoms with Gasteiger partial charge in [0.15, 0.2) is 0 Å². The van der Waals surface area contributed by atoms with Crippen LogP contribution < -0.4 is 5.32 Å². The SMILES string of the molecule is O=C(NCc1ccccc1)OC1CCN(CC2CN(C(C(=O)O)C3CCCCC3)CC2c2cccc(F)c2)CC1. The molecule has 2 aliphatic heterocycles. The summed E-state index contributed by atoms with van der Waals surface area (Å²) in [6.07, 6.45) is 6.34. The number of hydrogen-bond donors (Lipinski definition) is 2. The fourth-order valence-corrected chi connectivity index (χ4v) is 7.04. The number of piperidine rings is 1. The summed E-state index contributed by atoms with van der Waals surface area (Å²) in [6, 6.07) is 16.1. The van der Waals surface area contributed by atoms with Gasteiger partial charge in [-0.2, -0.15) is 0 Å². The number of carboxylic acids is 1. The van der Waals surface area contributed by atoms with Gasteiger partial charge in [-0.15, -0.1) is 0 Å². The first kappa shape index (κ1) is 28.6. The van der Waals surface area contributed by atoms with Gasteiger partial charge in [-0.25, -0.2) is 9.18 Å². The smallest absolute Gasteiger partial charge is 0.407 e. The van der Waals surface area contributed by atoms with Crippen molar-refractivity contribution in [2.75, 3.05) is 32.7 Å². The minimum Gasteiger partial charge on any atom is -0.480 e. The summed E-state index contributed by atoms with van der Waals surface area (Å²) in [7, 11) is 0. The van der Waals surface area contributed by atoms with Crippen LogP contribution in [-0.2, 0) is 16.1 Å². The van der Waals surface area contributed by atoms with Gasteiger partial charge in [0.2, 0.25) is 0 Å². The van der Waals surface area contributed by atoms with Crippen molar-refractivity contribution < 1.29 is 23.8 Å². The molecular formula is C32H42FN3O4. The number of amides is 1. The van der Waals surface area contributed by atoms with E-state index in [1.807, 2.05) is 36.4 Å². The second kappa shape index (κ2) is 13.6. The molecule has 3 fully saturated rings. The van der Waals surface area contributed by atoms with Gasteiger partial charge in [-0.1, -0.05) is 61.7 Å². The van der Waals surface area contributed by atoms with Crippen LogP contribution in [0.4, 0.5) is 9.18 Å². The lowest BCUT2D eigenvalue weighted by Gasteiger charge is -2.35. The first-order valence-electron chi connectivity index (χ1n) is 14.9. The van der Waals surface area contributed by atoms with Gasteiger partial charge in [0.25, 0.3) is 0 Å². The Morgan fingerprint density at radius 2 is 1.73 bits per heavy atom. The van der Waals surface area contributed by atoms with Gasteiger partial charge in [0, 0.05) is 45.2 Å². The Morgan fingerprint density at radius 1 is 0.975 bits per heavy atom. The number of carbonyl (C=O) groups excluding carboxylic acids is 1. The van der Waals surface area contributed by atoms with E-state index in [1.54, 1.807) is 12.1 Å². The van der Waals surface area contributed by atoms with Crippen molar-refractivity contribution in [2.45, 2.75) is 69.6 Å². The van der Waals surface area contributed by atoms with E-state index in [4.69, 9.17) is 4.74 Å². The molecule has 8 heteroatoms. The molecule has 2 saturated heterocycles. The Balaban J connectivity index is 1.18. The quantitative estimate of drug-likeness (QED) is 0.442. The predicted molar refractivity (Wildman–Crippen MR) is 151 cm³/mol. The molecule has 3 aliphatic rings. The molecule has 1 saturated carbocycles. The Hall–Kier alpha value is -2.97. The van der Waals surface area contributed by atoms with Crippen LogP contribution in [0.15, 0.2) is 54.6 Å². The largest absolute Gasteiger partial charge is 0.480 e. The van der Waals surface area contributed by atoms with Gasteiger partial charge in [-0.3, -0.25) is 9.69 Å². The number of nitrogens with one attached hydrogen (secondary N) is 1. The lowest BCUT2D eigenvalue weighted by atomic mass is 9.83. The topological polar surface area (TPSA) is 82.1 Å². The van der Waals surface area contributed by atoms with E-state index in [9.17, 15) is 19.1 Å². The normalized spacial score (nSPS) is 24.0. The molecular weight excluding hydrogens is 509 g/mol. The molecule has 1 amide bonds. The highest BCUT2D eigenvalue weighted by Gasteiger charge is 2.43. The summed E-state index contributed by atoms with van der Waals surface area (Å²) < 4.78 is 19.9. The fourth-order valence-electron chi connectivity index (χ4n) is 7.04. The van der Waals surface area contributed by atoms with Crippen LogP contribution in [0.25, 0.3) is 0 Å². The van der Waals surface area contributed by atoms with Crippen molar-refractivity contribution in [3.8, 4) is 0 Å². The molecule has 0 radical (unpaired) electrons. The predicted octanol–water partition coefficient (Wildman–Crippen LogP) is 5.27. The monoisotopic (exact) mass is 551 g/mol. The zero-order valence-electron chi connectivity index (χ0n) is 23.2. The number of aliphatic carboxylic acids is 1. The van der Waals surface area contributed by atoms with Crippen molar-refractivity contribution in [1.82, 2.24) is 15.1 Å². The molecule has 3 atom stereocenters. The zero-order valence-corrected chi connectivity index (χ0v) is 23.2. The third-order valence-electron chi connectivity index (χ3n) is 9.07. The molecule has 2 heterocycles. The summed E-state index contributed by atoms with van der Waals surface area (Å²) in [5.74, 6) is -0.508. The van der Waals surface area contributed by atoms with Crippen molar-refractivity contribution in [1.29, 1.82) is 0 Å². The molecule has 2 aromatic carbocycles. The Bertz CT molecular complexity index is 1120. The van der Waals surface area contributed by atoms with E-state index in [2.05, 4.69) is 15.1 Å². The van der Waals surface area contributed by atoms with Crippen molar-refractivity contribution >= 4 is 12.1 Å². The number of alkyl carbamates (subject to hydrolysis) is 1. The van der Waals surface area contributed by atoms with E-state index in [0.717, 1.165) is 69.3 Å². The highest BCUT2D eigenvalue weighted by molar-refractivity contribution is 5.74. The van der Waals surface area contributed by atoms with E-state index in [-0.39, 0.29) is 35.8 Å². The average molecular weight is 552 g/mol. The number of hydrogen-bond acceptors (Lipinski definition) is 5. The lowest BCUT2D eigenvalue weighted by Crippen LogP contribution is -2.46. The lowest BCUT2D eigenvalue weighted by molar-refractivity contribution is -0.145. The maximum atomic E-state index is 14.2. The molecule has 5 rings (SSSR count). The first-order chi connectivity index (χ1) is 19.5. The molecule has 0 bridgehead atoms. The Morgan fingerprint density at radius 3 is 2.42 bits per heavy atom. The molecule has 1 aliphatic carbocycles. The summed E-state index contributed by atoms with van der Waals surface area (Å²) in [5.41, 5.74) is 1.98. The van der Waals surface area contributed by atoms with Crippen molar-refractivity contribution in [3.05, 3.63) is 71.5 Å². The highest BCUT2D eigenvalue weighted by Crippen LogP contribution is 2.38. The number of benzene rings is 2. The molecule has 2 N–H and O–H groups in total. The van der Waals surface area contributed by atoms with Gasteiger partial charge in [-0.05, 0) is 60.8 Å². The summed E-state index contributed by atoms with van der Waals surface area (Å²) in [4.78, 5) is 29.4. The fraction of sp³-hybridized carbons (Fsp3) is 0.562. The van der Waals surface area contributed by atoms with Gasteiger partial charge in [0.05, 0.1) is 0 Å². The van der Waals surface area contributed by atoms with Crippen LogP contribution >= 0.6 is 0 Å². The molecule has 40 heavy (non-hydrogen) atoms. The van der Waals surface area contributed by atoms with Crippen LogP contribution in [0.5, 0.6) is 0 Å². The number of nitrogens with zero attached hydrogens (tertiary/aromatic N) is 2. The second-order valence-electron chi connectivity index (χ2n) is 11.8. The number of rotatable bonds is 9. The van der Waals surface area contributed by atoms with Crippen LogP contribution in [-0.4, -0.2) is 71.8 Å². The number of ether oxygens (including phenoxy) is 1. The van der Waals surface area contributed by atoms with Crippen molar-refractivity contribution in [2.24, 2.45) is 11.8 Å². The zero-order chi connectivity index (χ0) is 27.9. The van der Waals surface area contributed by atoms with E-state index >= 15 is 0 Å². The first-order valence-corrected chi connectivity index (χ1v) is 14.9. The summed E-state index contributed by atoms with van der Waals surface area (Å²) in [5, 5.41) is 13.1. The van der Waals surface area contributed by atoms with E-state index < -0.39 is 12.0 Å². The van der Waals surface area contributed by atoms with Gasteiger partial charge >= 0.3 is 12.1 Å². The third kappa shape index (κ3) is 7.40. The molecule has 2 aromatic rings. The summed E-state index contributed by atoms with van der Waals surface area (Å²) >= 11 is 0. The van der Waals surface area contributed by atoms with Crippen LogP contribution in [0, 0.1) is 17.7 Å². The minimum absolute atomic E-state index is 0.0823. The summed E-state index contributed by atoms with van der Waals surface area (Å²) in [6.45, 7) is 4.23. The molecule has 3 unspecified atom stereocenters. The Labute approximate surface area is 236 Å². The number of halogens is 1. The van der Waals surface area contributed by atoms with Crippen LogP contribution in [0.3, 0.4) is 0 Å². The average Bonchev–Trinajstić information content (AvgIpc) is 3.37. The Kier molecular flexibility index (Phi) is 9.70. The highest BCUT2D eigenvalue weighted by atomic mass is 19.1. The van der Waals surface area contributed by atoms with E-state index in [0.29, 0.717) is 19.6 Å². The number of likely N-dealkylation sites (tertiary alicyclic amines) is 2. The minimum atomic E-state index is -0.728. The van der Waals surface area contributed by atoms with Crippen LogP contribution in [0.1, 0.15) is 62.0 Å². The van der Waals surface area contributed by atoms with Crippen LogP contribution in [0.2, 0.25) is 0 Å². The number of carboxylic acid groups (broad SMARTS) is 1. The molecule has 216 valence electrons. The number of carbonyl (C=O) groups is 2. The van der Waals surface area contributed by atoms with Crippen molar-refractivity contribution in [3.63, 3.8) is 0 Å². The maximum absolute atomic E-state index is 14.2. The molecule has 0 aromatic heterocycles. The van der Waals surface area contributed by atoms with Gasteiger partial charge in [0.1, 0.15) is 18.0 Å². The molecule has 7 nitrogen and oxygen atoms in total. The molecule has 0 spiro atoms. The van der Waals surface area contributed by atoms with Gasteiger partial charge < -0.3 is 20.1 Å². The third-order valence-corrected chi connectivity index (χ3v) is 9.07. The van der Waals surface area contributed by atoms with E-state index in [1.165, 1.54) is 12.5 Å². The maximum Gasteiger partial charge on any atom is 0.407 e. The standard InChI is InChI=1S/C32H42FN3O4/c33-27-13-7-12-25(18-27)29-22-36(30(31(37)38)24-10-5-2-6-11-24)21-26(29)20-35-16-14-28(15-17-35)40-32(39)34-19-23-8-3-1-4-9-23/h1,3-4,7-9,12-13,18,24,26,28-30H,2,5-6,10-11,14-17,19-22H2,(H,34,39)(H,37,38).